The van der Waals surface area contributed by atoms with E-state index in [1.165, 1.54) is 0 Å². The lowest BCUT2D eigenvalue weighted by Crippen LogP contribution is -2.44. The molecular weight excluding hydrogens is 368 g/mol. The number of hydrogen-bond acceptors (Lipinski definition) is 4. The van der Waals surface area contributed by atoms with Crippen LogP contribution >= 0.6 is 11.6 Å². The van der Waals surface area contributed by atoms with Crippen molar-refractivity contribution in [2.24, 2.45) is 5.92 Å². The number of nitrogens with one attached hydrogen (secondary N) is 2. The molecule has 2 N–H and O–H groups in total. The van der Waals surface area contributed by atoms with Gasteiger partial charge >= 0.3 is 5.97 Å². The Kier molecular flexibility index (Phi) is 9.86. The van der Waals surface area contributed by atoms with Crippen LogP contribution in [0.3, 0.4) is 0 Å². The summed E-state index contributed by atoms with van der Waals surface area (Å²) in [6.45, 7) is 7.47. The van der Waals surface area contributed by atoms with Crippen LogP contribution in [-0.4, -0.2) is 36.5 Å². The van der Waals surface area contributed by atoms with Crippen LogP contribution < -0.4 is 10.6 Å². The van der Waals surface area contributed by atoms with Crippen molar-refractivity contribution < 1.29 is 19.1 Å². The second-order valence-electron chi connectivity index (χ2n) is 6.85. The summed E-state index contributed by atoms with van der Waals surface area (Å²) in [6.07, 6.45) is 2.03. The Labute approximate surface area is 166 Å². The highest BCUT2D eigenvalue weighted by Crippen LogP contribution is 2.11. The van der Waals surface area contributed by atoms with Gasteiger partial charge in [-0.25, -0.2) is 4.79 Å². The van der Waals surface area contributed by atoms with Crippen molar-refractivity contribution in [2.75, 3.05) is 6.61 Å². The zero-order valence-corrected chi connectivity index (χ0v) is 17.1. The molecule has 150 valence electrons. The van der Waals surface area contributed by atoms with Gasteiger partial charge in [-0.3, -0.25) is 9.59 Å². The van der Waals surface area contributed by atoms with E-state index in [0.717, 1.165) is 12.8 Å². The topological polar surface area (TPSA) is 84.5 Å². The average Bonchev–Trinajstić information content (AvgIpc) is 2.63. The number of amides is 2. The van der Waals surface area contributed by atoms with Crippen molar-refractivity contribution in [1.82, 2.24) is 10.6 Å². The molecule has 0 aliphatic carbocycles. The first-order valence-corrected chi connectivity index (χ1v) is 9.66. The van der Waals surface area contributed by atoms with E-state index in [2.05, 4.69) is 10.6 Å². The van der Waals surface area contributed by atoms with Gasteiger partial charge in [0.15, 0.2) is 6.61 Å². The maximum Gasteiger partial charge on any atom is 0.329 e. The molecule has 0 saturated heterocycles. The number of benzene rings is 1. The molecule has 0 heterocycles. The summed E-state index contributed by atoms with van der Waals surface area (Å²) in [7, 11) is 0. The van der Waals surface area contributed by atoms with E-state index < -0.39 is 17.9 Å². The first-order chi connectivity index (χ1) is 12.8. The molecule has 0 saturated carbocycles. The van der Waals surface area contributed by atoms with Gasteiger partial charge in [-0.15, -0.1) is 0 Å². The number of halogens is 1. The van der Waals surface area contributed by atoms with Crippen LogP contribution in [0.15, 0.2) is 24.3 Å². The summed E-state index contributed by atoms with van der Waals surface area (Å²) in [6, 6.07) is 5.61. The molecule has 1 aromatic rings. The number of rotatable bonds is 10. The van der Waals surface area contributed by atoms with Gasteiger partial charge in [-0.05, 0) is 49.4 Å². The lowest BCUT2D eigenvalue weighted by atomic mass is 10.0. The maximum atomic E-state index is 12.4. The number of esters is 1. The summed E-state index contributed by atoms with van der Waals surface area (Å²) >= 11 is 5.83. The molecule has 0 radical (unpaired) electrons. The largest absolute Gasteiger partial charge is 0.454 e. The van der Waals surface area contributed by atoms with Crippen LogP contribution in [0, 0.1) is 5.92 Å². The third kappa shape index (κ3) is 8.43. The summed E-state index contributed by atoms with van der Waals surface area (Å²) < 4.78 is 5.13. The van der Waals surface area contributed by atoms with E-state index in [-0.39, 0.29) is 24.5 Å². The van der Waals surface area contributed by atoms with Crippen molar-refractivity contribution in [3.8, 4) is 0 Å². The predicted molar refractivity (Wildman–Crippen MR) is 106 cm³/mol. The Bertz CT molecular complexity index is 627. The SMILES string of the molecule is CCC(CC)NC(=O)COC(=O)C(CC(C)C)NC(=O)c1ccc(Cl)cc1. The molecule has 0 aromatic heterocycles. The van der Waals surface area contributed by atoms with Crippen LogP contribution in [0.5, 0.6) is 0 Å². The second kappa shape index (κ2) is 11.6. The van der Waals surface area contributed by atoms with E-state index in [4.69, 9.17) is 16.3 Å². The highest BCUT2D eigenvalue weighted by Gasteiger charge is 2.25. The molecule has 0 fully saturated rings. The third-order valence-electron chi connectivity index (χ3n) is 4.10. The Morgan fingerprint density at radius 2 is 1.63 bits per heavy atom. The highest BCUT2D eigenvalue weighted by atomic mass is 35.5. The lowest BCUT2D eigenvalue weighted by Gasteiger charge is -2.20. The molecule has 0 aliphatic heterocycles. The number of carbonyl (C=O) groups excluding carboxylic acids is 3. The van der Waals surface area contributed by atoms with E-state index in [1.54, 1.807) is 24.3 Å². The van der Waals surface area contributed by atoms with Crippen molar-refractivity contribution in [3.63, 3.8) is 0 Å². The number of carbonyl (C=O) groups is 3. The minimum atomic E-state index is -0.825. The molecule has 1 unspecified atom stereocenters. The van der Waals surface area contributed by atoms with Gasteiger partial charge in [0.2, 0.25) is 0 Å². The molecule has 1 rings (SSSR count). The first kappa shape index (κ1) is 23.0. The minimum absolute atomic E-state index is 0.0623. The van der Waals surface area contributed by atoms with Gasteiger partial charge in [-0.1, -0.05) is 39.3 Å². The van der Waals surface area contributed by atoms with Gasteiger partial charge in [0.25, 0.3) is 11.8 Å². The Morgan fingerprint density at radius 3 is 2.15 bits per heavy atom. The van der Waals surface area contributed by atoms with E-state index in [9.17, 15) is 14.4 Å². The maximum absolute atomic E-state index is 12.4. The Morgan fingerprint density at radius 1 is 1.04 bits per heavy atom. The fourth-order valence-electron chi connectivity index (χ4n) is 2.53. The number of ether oxygens (including phenoxy) is 1. The fraction of sp³-hybridized carbons (Fsp3) is 0.550. The van der Waals surface area contributed by atoms with Crippen molar-refractivity contribution in [1.29, 1.82) is 0 Å². The normalized spacial score (nSPS) is 12.0. The molecule has 0 bridgehead atoms. The number of hydrogen-bond donors (Lipinski definition) is 2. The van der Waals surface area contributed by atoms with Crippen LogP contribution in [-0.2, 0) is 14.3 Å². The van der Waals surface area contributed by atoms with Crippen molar-refractivity contribution in [2.45, 2.75) is 59.0 Å². The van der Waals surface area contributed by atoms with Gasteiger partial charge < -0.3 is 15.4 Å². The molecule has 6 nitrogen and oxygen atoms in total. The predicted octanol–water partition coefficient (Wildman–Crippen LogP) is 3.33. The quantitative estimate of drug-likeness (QED) is 0.594. The third-order valence-corrected chi connectivity index (χ3v) is 4.35. The molecule has 1 aromatic carbocycles. The summed E-state index contributed by atoms with van der Waals surface area (Å²) in [5.74, 6) is -1.20. The second-order valence-corrected chi connectivity index (χ2v) is 7.29. The first-order valence-electron chi connectivity index (χ1n) is 9.29. The molecular formula is C20H29ClN2O4. The summed E-state index contributed by atoms with van der Waals surface area (Å²) in [5, 5.41) is 6.01. The highest BCUT2D eigenvalue weighted by molar-refractivity contribution is 6.30. The van der Waals surface area contributed by atoms with Crippen LogP contribution in [0.1, 0.15) is 57.3 Å². The fourth-order valence-corrected chi connectivity index (χ4v) is 2.65. The smallest absolute Gasteiger partial charge is 0.329 e. The molecule has 2 amide bonds. The van der Waals surface area contributed by atoms with Gasteiger partial charge in [-0.2, -0.15) is 0 Å². The van der Waals surface area contributed by atoms with Crippen LogP contribution in [0.25, 0.3) is 0 Å². The summed E-state index contributed by atoms with van der Waals surface area (Å²) in [4.78, 5) is 36.7. The molecule has 7 heteroatoms. The monoisotopic (exact) mass is 396 g/mol. The van der Waals surface area contributed by atoms with Crippen LogP contribution in [0.2, 0.25) is 5.02 Å². The van der Waals surface area contributed by atoms with Crippen molar-refractivity contribution in [3.05, 3.63) is 34.9 Å². The Balaban J connectivity index is 2.66. The summed E-state index contributed by atoms with van der Waals surface area (Å²) in [5.41, 5.74) is 0.396. The molecule has 27 heavy (non-hydrogen) atoms. The standard InChI is InChI=1S/C20H29ClN2O4/c1-5-16(6-2)22-18(24)12-27-20(26)17(11-13(3)4)23-19(25)14-7-9-15(21)10-8-14/h7-10,13,16-17H,5-6,11-12H2,1-4H3,(H,22,24)(H,23,25). The molecule has 0 spiro atoms. The van der Waals surface area contributed by atoms with E-state index in [1.807, 2.05) is 27.7 Å². The van der Waals surface area contributed by atoms with Gasteiger partial charge in [0.05, 0.1) is 0 Å². The molecule has 0 aliphatic rings. The minimum Gasteiger partial charge on any atom is -0.454 e. The van der Waals surface area contributed by atoms with Gasteiger partial charge in [0.1, 0.15) is 6.04 Å². The zero-order chi connectivity index (χ0) is 20.4. The van der Waals surface area contributed by atoms with Crippen LogP contribution in [0.4, 0.5) is 0 Å². The van der Waals surface area contributed by atoms with E-state index in [0.29, 0.717) is 17.0 Å². The zero-order valence-electron chi connectivity index (χ0n) is 16.4. The average molecular weight is 397 g/mol. The van der Waals surface area contributed by atoms with E-state index >= 15 is 0 Å². The Hall–Kier alpha value is -2.08. The lowest BCUT2D eigenvalue weighted by molar-refractivity contribution is -0.151. The molecule has 1 atom stereocenters. The van der Waals surface area contributed by atoms with Gasteiger partial charge in [0, 0.05) is 16.6 Å². The van der Waals surface area contributed by atoms with Crippen molar-refractivity contribution >= 4 is 29.4 Å².